The van der Waals surface area contributed by atoms with Crippen molar-refractivity contribution in [3.8, 4) is 0 Å². The molecule has 14 heavy (non-hydrogen) atoms. The Bertz CT molecular complexity index is 300. The zero-order valence-electron chi connectivity index (χ0n) is 6.99. The predicted octanol–water partition coefficient (Wildman–Crippen LogP) is 2.14. The van der Waals surface area contributed by atoms with Crippen LogP contribution in [0.1, 0.15) is 0 Å². The van der Waals surface area contributed by atoms with Gasteiger partial charge in [0.25, 0.3) is 0 Å². The summed E-state index contributed by atoms with van der Waals surface area (Å²) in [7, 11) is 0. The van der Waals surface area contributed by atoms with Crippen molar-refractivity contribution >= 4 is 6.29 Å². The largest absolute Gasteiger partial charge is 0.523 e. The molecule has 0 saturated carbocycles. The summed E-state index contributed by atoms with van der Waals surface area (Å²) in [6, 6.07) is 0. The minimum absolute atomic E-state index is 0.300. The number of carbonyl (C=O) groups is 1. The van der Waals surface area contributed by atoms with Crippen LogP contribution in [0.15, 0.2) is 36.0 Å². The lowest BCUT2D eigenvalue weighted by atomic mass is 10.2. The molecule has 1 aliphatic rings. The molecule has 1 rings (SSSR count). The van der Waals surface area contributed by atoms with Gasteiger partial charge in [0.15, 0.2) is 0 Å². The third kappa shape index (κ3) is 3.57. The number of alkyl halides is 3. The van der Waals surface area contributed by atoms with Gasteiger partial charge in [-0.1, -0.05) is 30.4 Å². The Hall–Kier alpha value is -1.36. The third-order valence-electron chi connectivity index (χ3n) is 1.47. The molecule has 0 spiro atoms. The molecule has 0 heterocycles. The predicted molar refractivity (Wildman–Crippen MR) is 43.4 cm³/mol. The second-order valence-corrected chi connectivity index (χ2v) is 2.56. The minimum Gasteiger partial charge on any atom is -0.298 e. The zero-order valence-corrected chi connectivity index (χ0v) is 6.99. The maximum atomic E-state index is 11.8. The maximum Gasteiger partial charge on any atom is 0.523 e. The van der Waals surface area contributed by atoms with Crippen molar-refractivity contribution in [1.82, 2.24) is 0 Å². The zero-order chi connectivity index (χ0) is 10.6. The highest BCUT2D eigenvalue weighted by Gasteiger charge is 2.31. The smallest absolute Gasteiger partial charge is 0.298 e. The number of ether oxygens (including phenoxy) is 1. The Morgan fingerprint density at radius 3 is 2.64 bits per heavy atom. The lowest BCUT2D eigenvalue weighted by molar-refractivity contribution is -0.330. The molecular formula is C9H7F3O2. The van der Waals surface area contributed by atoms with Crippen molar-refractivity contribution in [1.29, 1.82) is 0 Å². The van der Waals surface area contributed by atoms with E-state index in [1.807, 2.05) is 0 Å². The van der Waals surface area contributed by atoms with Crippen LogP contribution in [0.25, 0.3) is 0 Å². The van der Waals surface area contributed by atoms with Crippen LogP contribution in [0.3, 0.4) is 0 Å². The van der Waals surface area contributed by atoms with Gasteiger partial charge in [0.1, 0.15) is 12.4 Å². The van der Waals surface area contributed by atoms with Crippen molar-refractivity contribution in [2.24, 2.45) is 0 Å². The van der Waals surface area contributed by atoms with E-state index in [1.165, 1.54) is 24.3 Å². The van der Waals surface area contributed by atoms with E-state index >= 15 is 0 Å². The first kappa shape index (κ1) is 10.7. The van der Waals surface area contributed by atoms with E-state index in [9.17, 15) is 18.0 Å². The maximum absolute atomic E-state index is 11.8. The van der Waals surface area contributed by atoms with Crippen molar-refractivity contribution in [2.75, 3.05) is 0 Å². The van der Waals surface area contributed by atoms with Crippen LogP contribution >= 0.6 is 0 Å². The summed E-state index contributed by atoms with van der Waals surface area (Å²) in [4.78, 5) is 10.3. The molecule has 0 radical (unpaired) electrons. The average molecular weight is 204 g/mol. The molecule has 0 aromatic heterocycles. The number of carbonyl (C=O) groups excluding carboxylic acids is 1. The summed E-state index contributed by atoms with van der Waals surface area (Å²) in [5.41, 5.74) is 0.300. The van der Waals surface area contributed by atoms with Crippen LogP contribution in [-0.4, -0.2) is 18.8 Å². The number of allylic oxidation sites excluding steroid dienone is 4. The van der Waals surface area contributed by atoms with Gasteiger partial charge in [-0.25, -0.2) is 0 Å². The van der Waals surface area contributed by atoms with Gasteiger partial charge >= 0.3 is 6.36 Å². The van der Waals surface area contributed by atoms with E-state index < -0.39 is 12.5 Å². The second-order valence-electron chi connectivity index (χ2n) is 2.56. The first-order valence-electron chi connectivity index (χ1n) is 3.78. The van der Waals surface area contributed by atoms with Gasteiger partial charge in [0, 0.05) is 5.57 Å². The summed E-state index contributed by atoms with van der Waals surface area (Å²) in [6.45, 7) is 0. The Morgan fingerprint density at radius 1 is 1.36 bits per heavy atom. The number of rotatable bonds is 2. The van der Waals surface area contributed by atoms with Crippen molar-refractivity contribution in [3.63, 3.8) is 0 Å². The van der Waals surface area contributed by atoms with Crippen LogP contribution in [0.4, 0.5) is 13.2 Å². The van der Waals surface area contributed by atoms with Gasteiger partial charge in [0.2, 0.25) is 0 Å². The van der Waals surface area contributed by atoms with Gasteiger partial charge in [-0.2, -0.15) is 0 Å². The van der Waals surface area contributed by atoms with Crippen molar-refractivity contribution in [3.05, 3.63) is 36.0 Å². The average Bonchev–Trinajstić information content (AvgIpc) is 2.27. The molecule has 1 aliphatic carbocycles. The Labute approximate surface area is 78.4 Å². The molecule has 0 amide bonds. The fourth-order valence-electron chi connectivity index (χ4n) is 0.913. The topological polar surface area (TPSA) is 26.3 Å². The van der Waals surface area contributed by atoms with Crippen LogP contribution in [0.5, 0.6) is 0 Å². The summed E-state index contributed by atoms with van der Waals surface area (Å²) in [6.07, 6.45) is 1.11. The number of hydrogen-bond acceptors (Lipinski definition) is 2. The molecule has 0 aromatic carbocycles. The molecule has 2 nitrogen and oxygen atoms in total. The third-order valence-corrected chi connectivity index (χ3v) is 1.47. The highest BCUT2D eigenvalue weighted by molar-refractivity contribution is 5.78. The Morgan fingerprint density at radius 2 is 2.07 bits per heavy atom. The van der Waals surface area contributed by atoms with Crippen LogP contribution in [-0.2, 0) is 9.53 Å². The lowest BCUT2D eigenvalue weighted by Gasteiger charge is -2.11. The fourth-order valence-corrected chi connectivity index (χ4v) is 0.913. The van der Waals surface area contributed by atoms with Crippen LogP contribution in [0.2, 0.25) is 0 Å². The molecule has 0 aliphatic heterocycles. The number of aldehydes is 1. The first-order valence-corrected chi connectivity index (χ1v) is 3.78. The summed E-state index contributed by atoms with van der Waals surface area (Å²) in [5.74, 6) is 0. The molecule has 1 atom stereocenters. The van der Waals surface area contributed by atoms with Crippen LogP contribution < -0.4 is 0 Å². The molecule has 0 saturated heterocycles. The van der Waals surface area contributed by atoms with E-state index in [0.29, 0.717) is 11.9 Å². The van der Waals surface area contributed by atoms with E-state index in [-0.39, 0.29) is 0 Å². The molecule has 0 fully saturated rings. The second kappa shape index (κ2) is 4.23. The molecule has 5 heteroatoms. The molecule has 76 valence electrons. The quantitative estimate of drug-likeness (QED) is 0.644. The van der Waals surface area contributed by atoms with E-state index in [2.05, 4.69) is 4.74 Å². The molecule has 0 aromatic rings. The molecular weight excluding hydrogens is 197 g/mol. The standard InChI is InChI=1S/C9H7F3O2/c10-9(11,12)14-8-3-1-2-7(6-13)4-5-8/h1-6,8H. The first-order chi connectivity index (χ1) is 6.51. The van der Waals surface area contributed by atoms with Crippen molar-refractivity contribution < 1.29 is 22.7 Å². The SMILES string of the molecule is O=CC1=CC=CC(OC(F)(F)F)C=C1. The number of halogens is 3. The summed E-state index contributed by atoms with van der Waals surface area (Å²) < 4.78 is 39.1. The lowest BCUT2D eigenvalue weighted by Crippen LogP contribution is -2.20. The minimum atomic E-state index is -4.68. The summed E-state index contributed by atoms with van der Waals surface area (Å²) in [5, 5.41) is 0. The van der Waals surface area contributed by atoms with Gasteiger partial charge in [0.05, 0.1) is 0 Å². The van der Waals surface area contributed by atoms with Gasteiger partial charge in [-0.15, -0.1) is 13.2 Å². The van der Waals surface area contributed by atoms with Crippen molar-refractivity contribution in [2.45, 2.75) is 12.5 Å². The van der Waals surface area contributed by atoms with E-state index in [1.54, 1.807) is 0 Å². The normalized spacial score (nSPS) is 21.6. The van der Waals surface area contributed by atoms with E-state index in [4.69, 9.17) is 0 Å². The Kier molecular flexibility index (Phi) is 3.24. The van der Waals surface area contributed by atoms with Gasteiger partial charge in [-0.3, -0.25) is 9.53 Å². The highest BCUT2D eigenvalue weighted by Crippen LogP contribution is 2.20. The Balaban J connectivity index is 2.66. The van der Waals surface area contributed by atoms with E-state index in [0.717, 1.165) is 6.08 Å². The molecule has 1 unspecified atom stereocenters. The molecule has 0 bridgehead atoms. The van der Waals surface area contributed by atoms with Gasteiger partial charge < -0.3 is 0 Å². The monoisotopic (exact) mass is 204 g/mol. The molecule has 0 N–H and O–H groups in total. The summed E-state index contributed by atoms with van der Waals surface area (Å²) >= 11 is 0. The van der Waals surface area contributed by atoms with Gasteiger partial charge in [-0.05, 0) is 0 Å². The highest BCUT2D eigenvalue weighted by atomic mass is 19.4. The number of hydrogen-bond donors (Lipinski definition) is 0. The van der Waals surface area contributed by atoms with Crippen LogP contribution in [0, 0.1) is 0 Å². The fraction of sp³-hybridized carbons (Fsp3) is 0.222.